The Bertz CT molecular complexity index is 1220. The van der Waals surface area contributed by atoms with E-state index in [9.17, 15) is 28.9 Å². The lowest BCUT2D eigenvalue weighted by Crippen LogP contribution is -2.34. The Balaban J connectivity index is 4.51. The molecule has 0 spiro atoms. The second-order valence-corrected chi connectivity index (χ2v) is 15.7. The van der Waals surface area contributed by atoms with Crippen molar-refractivity contribution in [1.29, 1.82) is 0 Å². The van der Waals surface area contributed by atoms with Crippen molar-refractivity contribution >= 4 is 25.7 Å². The molecule has 12 nitrogen and oxygen atoms in total. The van der Waals surface area contributed by atoms with Gasteiger partial charge in [0.25, 0.3) is 0 Å². The maximum absolute atomic E-state index is 12.6. The summed E-state index contributed by atoms with van der Waals surface area (Å²) in [6, 6.07) is -1.54. The van der Waals surface area contributed by atoms with Gasteiger partial charge >= 0.3 is 25.7 Å². The molecule has 0 saturated heterocycles. The quantitative estimate of drug-likeness (QED) is 0.0199. The summed E-state index contributed by atoms with van der Waals surface area (Å²) in [5.41, 5.74) is 5.32. The number of carboxylic acids is 1. The van der Waals surface area contributed by atoms with Crippen molar-refractivity contribution in [2.24, 2.45) is 5.73 Å². The summed E-state index contributed by atoms with van der Waals surface area (Å²) >= 11 is 0. The molecule has 0 aliphatic heterocycles. The van der Waals surface area contributed by atoms with E-state index in [0.29, 0.717) is 19.3 Å². The molecular formula is C44H76NO11P. The Morgan fingerprint density at radius 3 is 1.72 bits per heavy atom. The van der Waals surface area contributed by atoms with Crippen LogP contribution in [0.25, 0.3) is 0 Å². The average molecular weight is 826 g/mol. The first kappa shape index (κ1) is 54.1. The molecule has 0 aromatic rings. The number of unbranched alkanes of at least 4 members (excludes halogenated alkanes) is 13. The topological polar surface area (TPSA) is 192 Å². The number of rotatable bonds is 39. The number of hydrogen-bond acceptors (Lipinski definition) is 10. The fraction of sp³-hybridized carbons (Fsp3) is 0.705. The summed E-state index contributed by atoms with van der Waals surface area (Å²) in [5, 5.41) is 18.7. The van der Waals surface area contributed by atoms with Gasteiger partial charge in [0.2, 0.25) is 0 Å². The number of aliphatic carboxylic acids is 1. The molecule has 5 N–H and O–H groups in total. The molecule has 57 heavy (non-hydrogen) atoms. The zero-order chi connectivity index (χ0) is 42.2. The molecule has 328 valence electrons. The molecule has 0 aromatic heterocycles. The van der Waals surface area contributed by atoms with Crippen molar-refractivity contribution in [3.05, 3.63) is 60.8 Å². The van der Waals surface area contributed by atoms with E-state index >= 15 is 0 Å². The van der Waals surface area contributed by atoms with Crippen molar-refractivity contribution in [3.63, 3.8) is 0 Å². The maximum atomic E-state index is 12.6. The molecule has 0 heterocycles. The smallest absolute Gasteiger partial charge is 0.472 e. The minimum atomic E-state index is -4.74. The van der Waals surface area contributed by atoms with Crippen LogP contribution in [0.15, 0.2) is 60.8 Å². The minimum absolute atomic E-state index is 0.126. The summed E-state index contributed by atoms with van der Waals surface area (Å²) in [5.74, 6) is -2.49. The van der Waals surface area contributed by atoms with Gasteiger partial charge in [0.15, 0.2) is 6.10 Å². The van der Waals surface area contributed by atoms with Crippen LogP contribution in [0.3, 0.4) is 0 Å². The minimum Gasteiger partial charge on any atom is -0.480 e. The molecule has 13 heteroatoms. The second-order valence-electron chi connectivity index (χ2n) is 14.3. The van der Waals surface area contributed by atoms with Gasteiger partial charge in [-0.2, -0.15) is 0 Å². The number of carbonyl (C=O) groups excluding carboxylic acids is 2. The number of ether oxygens (including phenoxy) is 2. The molecule has 0 amide bonds. The largest absolute Gasteiger partial charge is 0.480 e. The highest BCUT2D eigenvalue weighted by Crippen LogP contribution is 2.43. The molecule has 1 unspecified atom stereocenters. The fourth-order valence-corrected chi connectivity index (χ4v) is 6.14. The van der Waals surface area contributed by atoms with E-state index in [2.05, 4.69) is 54.8 Å². The lowest BCUT2D eigenvalue weighted by molar-refractivity contribution is -0.161. The van der Waals surface area contributed by atoms with Gasteiger partial charge in [-0.1, -0.05) is 139 Å². The Kier molecular flexibility index (Phi) is 36.7. The number of nitrogens with two attached hydrogens (primary N) is 1. The van der Waals surface area contributed by atoms with Gasteiger partial charge in [-0.15, -0.1) is 0 Å². The summed E-state index contributed by atoms with van der Waals surface area (Å²) in [6.07, 6.45) is 40.5. The van der Waals surface area contributed by atoms with Crippen molar-refractivity contribution < 1.29 is 52.6 Å². The van der Waals surface area contributed by atoms with Crippen molar-refractivity contribution in [3.8, 4) is 0 Å². The third kappa shape index (κ3) is 38.4. The standard InChI is InChI=1S/C44H76NO11P/c1-3-5-7-8-9-10-11-12-13-14-19-22-25-28-31-35-43(48)56-40(37-54-57(51,52)55-38-41(45)44(49)50)36-53-42(47)34-30-27-24-21-18-16-15-17-20-23-26-29-33-39(46)32-6-4-2/h10-11,15-16,20-21,23-24,29,33,39-41,46H,3-9,12-14,17-19,22,25-28,30-32,34-38,45H2,1-2H3,(H,49,50)(H,51,52)/b11-10-,16-15-,23-20-,24-21-,33-29-/t39-,40+,41-/m0/s1. The van der Waals surface area contributed by atoms with Crippen LogP contribution in [0.5, 0.6) is 0 Å². The Morgan fingerprint density at radius 2 is 1.11 bits per heavy atom. The Morgan fingerprint density at radius 1 is 0.614 bits per heavy atom. The van der Waals surface area contributed by atoms with Gasteiger partial charge in [0, 0.05) is 12.8 Å². The van der Waals surface area contributed by atoms with Crippen LogP contribution in [0, 0.1) is 0 Å². The number of carbonyl (C=O) groups is 3. The first-order valence-electron chi connectivity index (χ1n) is 21.4. The number of allylic oxidation sites excluding steroid dienone is 9. The molecule has 0 aliphatic rings. The Labute approximate surface area is 343 Å². The molecule has 0 aliphatic carbocycles. The third-order valence-corrected chi connectivity index (χ3v) is 9.76. The summed E-state index contributed by atoms with van der Waals surface area (Å²) in [4.78, 5) is 45.9. The van der Waals surface area contributed by atoms with E-state index in [1.54, 1.807) is 0 Å². The van der Waals surface area contributed by atoms with Crippen molar-refractivity contribution in [1.82, 2.24) is 0 Å². The normalized spacial score (nSPS) is 14.9. The monoisotopic (exact) mass is 826 g/mol. The molecule has 4 atom stereocenters. The van der Waals surface area contributed by atoms with E-state index in [4.69, 9.17) is 24.8 Å². The van der Waals surface area contributed by atoms with E-state index in [-0.39, 0.29) is 25.6 Å². The maximum Gasteiger partial charge on any atom is 0.472 e. The fourth-order valence-electron chi connectivity index (χ4n) is 5.36. The first-order chi connectivity index (χ1) is 27.5. The van der Waals surface area contributed by atoms with Gasteiger partial charge in [-0.05, 0) is 70.6 Å². The molecular weight excluding hydrogens is 749 g/mol. The number of aliphatic hydroxyl groups is 1. The van der Waals surface area contributed by atoms with Crippen LogP contribution in [-0.2, 0) is 37.5 Å². The zero-order valence-electron chi connectivity index (χ0n) is 35.0. The second kappa shape index (κ2) is 38.6. The number of carboxylic acid groups (broad SMARTS) is 1. The van der Waals surface area contributed by atoms with E-state index < -0.39 is 51.1 Å². The number of hydrogen-bond donors (Lipinski definition) is 4. The van der Waals surface area contributed by atoms with Crippen LogP contribution in [0.4, 0.5) is 0 Å². The molecule has 0 radical (unpaired) electrons. The van der Waals surface area contributed by atoms with Gasteiger partial charge in [-0.3, -0.25) is 23.4 Å². The highest BCUT2D eigenvalue weighted by molar-refractivity contribution is 7.47. The van der Waals surface area contributed by atoms with E-state index in [0.717, 1.165) is 70.6 Å². The molecule has 0 rings (SSSR count). The predicted octanol–water partition coefficient (Wildman–Crippen LogP) is 10.1. The summed E-state index contributed by atoms with van der Waals surface area (Å²) in [7, 11) is -4.74. The van der Waals surface area contributed by atoms with Crippen LogP contribution in [-0.4, -0.2) is 71.1 Å². The molecule has 0 fully saturated rings. The highest BCUT2D eigenvalue weighted by atomic mass is 31.2. The van der Waals surface area contributed by atoms with Crippen molar-refractivity contribution in [2.45, 2.75) is 180 Å². The molecule has 0 aromatic carbocycles. The highest BCUT2D eigenvalue weighted by Gasteiger charge is 2.28. The van der Waals surface area contributed by atoms with Gasteiger partial charge in [-0.25, -0.2) is 4.57 Å². The average Bonchev–Trinajstić information content (AvgIpc) is 3.18. The first-order valence-corrected chi connectivity index (χ1v) is 22.9. The SMILES string of the molecule is CCCCCC/C=C\CCCCCCCCCC(=O)O[C@H](COC(=O)CCC/C=C\C/C=C\C/C=C\C/C=C\[C@@H](O)CCCC)COP(=O)(O)OC[C@H](N)C(=O)O. The molecule has 0 bridgehead atoms. The number of esters is 2. The van der Waals surface area contributed by atoms with Crippen molar-refractivity contribution in [2.75, 3.05) is 19.8 Å². The summed E-state index contributed by atoms with van der Waals surface area (Å²) < 4.78 is 32.6. The molecule has 0 saturated carbocycles. The van der Waals surface area contributed by atoms with E-state index in [1.165, 1.54) is 44.9 Å². The lowest BCUT2D eigenvalue weighted by atomic mass is 10.1. The zero-order valence-corrected chi connectivity index (χ0v) is 35.9. The van der Waals surface area contributed by atoms with Crippen LogP contribution >= 0.6 is 7.82 Å². The number of phosphoric ester groups is 1. The third-order valence-electron chi connectivity index (χ3n) is 8.81. The lowest BCUT2D eigenvalue weighted by Gasteiger charge is -2.20. The van der Waals surface area contributed by atoms with Crippen LogP contribution in [0.2, 0.25) is 0 Å². The number of aliphatic hydroxyl groups excluding tert-OH is 1. The van der Waals surface area contributed by atoms with Crippen LogP contribution in [0.1, 0.15) is 162 Å². The van der Waals surface area contributed by atoms with Crippen LogP contribution < -0.4 is 5.73 Å². The van der Waals surface area contributed by atoms with Gasteiger partial charge in [0.1, 0.15) is 12.6 Å². The predicted molar refractivity (Wildman–Crippen MR) is 227 cm³/mol. The van der Waals surface area contributed by atoms with E-state index in [1.807, 2.05) is 24.3 Å². The summed E-state index contributed by atoms with van der Waals surface area (Å²) in [6.45, 7) is 2.55. The van der Waals surface area contributed by atoms with Gasteiger partial charge in [0.05, 0.1) is 19.3 Å². The number of phosphoric acid groups is 1. The van der Waals surface area contributed by atoms with Gasteiger partial charge < -0.3 is 30.3 Å². The Hall–Kier alpha value is -2.86.